The van der Waals surface area contributed by atoms with E-state index in [0.29, 0.717) is 12.8 Å². The monoisotopic (exact) mass is 350 g/mol. The van der Waals surface area contributed by atoms with E-state index in [9.17, 15) is 14.7 Å². The molecule has 0 saturated heterocycles. The molecule has 132 valence electrons. The Hall–Kier alpha value is -1.54. The molecule has 0 radical (unpaired) electrons. The molecule has 1 fully saturated rings. The highest BCUT2D eigenvalue weighted by molar-refractivity contribution is 7.00. The number of rotatable bonds is 4. The van der Waals surface area contributed by atoms with Crippen LogP contribution in [0.2, 0.25) is 0 Å². The maximum Gasteiger partial charge on any atom is 0.307 e. The van der Waals surface area contributed by atoms with Gasteiger partial charge in [0.05, 0.1) is 5.92 Å². The Morgan fingerprint density at radius 1 is 1.04 bits per heavy atom. The van der Waals surface area contributed by atoms with Crippen molar-refractivity contribution >= 4 is 20.9 Å². The molecule has 1 aliphatic rings. The fourth-order valence-electron chi connectivity index (χ4n) is 4.06. The van der Waals surface area contributed by atoms with E-state index in [1.54, 1.807) is 16.0 Å². The number of Topliss-reactive ketones (excluding diaryl/α,β-unsaturated/α-hetero) is 1. The van der Waals surface area contributed by atoms with E-state index < -0.39 is 17.3 Å². The molecule has 1 atom stereocenters. The molecule has 1 aromatic rings. The summed E-state index contributed by atoms with van der Waals surface area (Å²) in [6.45, 7) is 7.62. The summed E-state index contributed by atoms with van der Waals surface area (Å²) in [5.74, 6) is -1.46. The zero-order valence-corrected chi connectivity index (χ0v) is 15.9. The number of carboxylic acids is 1. The SMILES string of the molecule is Cc1cc(C)c(C(=O)C2(C(C)C(=O)O)CCCCC2)c(C)c1.O=P. The highest BCUT2D eigenvalue weighted by atomic mass is 31.0. The van der Waals surface area contributed by atoms with Crippen molar-refractivity contribution in [3.63, 3.8) is 0 Å². The van der Waals surface area contributed by atoms with Crippen LogP contribution in [0.15, 0.2) is 12.1 Å². The van der Waals surface area contributed by atoms with Crippen LogP contribution in [0.1, 0.15) is 66.1 Å². The Labute approximate surface area is 146 Å². The lowest BCUT2D eigenvalue weighted by Crippen LogP contribution is -2.43. The van der Waals surface area contributed by atoms with Crippen LogP contribution in [0.25, 0.3) is 0 Å². The first-order valence-electron chi connectivity index (χ1n) is 8.35. The van der Waals surface area contributed by atoms with Crippen molar-refractivity contribution in [1.82, 2.24) is 0 Å². The number of carbonyl (C=O) groups is 2. The van der Waals surface area contributed by atoms with Gasteiger partial charge in [-0.15, -0.1) is 0 Å². The van der Waals surface area contributed by atoms with E-state index in [1.807, 2.05) is 32.9 Å². The van der Waals surface area contributed by atoms with E-state index in [-0.39, 0.29) is 5.78 Å². The molecule has 1 aliphatic carbocycles. The fraction of sp³-hybridized carbons (Fsp3) is 0.579. The lowest BCUT2D eigenvalue weighted by molar-refractivity contribution is -0.145. The summed E-state index contributed by atoms with van der Waals surface area (Å²) in [4.78, 5) is 25.0. The minimum atomic E-state index is -0.863. The lowest BCUT2D eigenvalue weighted by Gasteiger charge is -2.39. The number of hydrogen-bond donors (Lipinski definition) is 1. The van der Waals surface area contributed by atoms with E-state index >= 15 is 0 Å². The van der Waals surface area contributed by atoms with Gasteiger partial charge in [-0.1, -0.05) is 43.9 Å². The fourth-order valence-corrected chi connectivity index (χ4v) is 4.06. The number of carbonyl (C=O) groups excluding carboxylic acids is 1. The number of carboxylic acid groups (broad SMARTS) is 1. The van der Waals surface area contributed by atoms with Crippen molar-refractivity contribution in [3.8, 4) is 0 Å². The molecule has 0 amide bonds. The second-order valence-electron chi connectivity index (χ2n) is 6.88. The van der Waals surface area contributed by atoms with Crippen LogP contribution in [-0.4, -0.2) is 16.9 Å². The summed E-state index contributed by atoms with van der Waals surface area (Å²) < 4.78 is 8.06. The topological polar surface area (TPSA) is 71.4 Å². The summed E-state index contributed by atoms with van der Waals surface area (Å²) >= 11 is 0. The largest absolute Gasteiger partial charge is 0.481 e. The van der Waals surface area contributed by atoms with Crippen molar-refractivity contribution in [1.29, 1.82) is 0 Å². The molecule has 1 N–H and O–H groups in total. The summed E-state index contributed by atoms with van der Waals surface area (Å²) in [6, 6.07) is 4.03. The number of hydrogen-bond acceptors (Lipinski definition) is 3. The van der Waals surface area contributed by atoms with Crippen molar-refractivity contribution in [3.05, 3.63) is 34.4 Å². The van der Waals surface area contributed by atoms with Gasteiger partial charge in [0.15, 0.2) is 5.78 Å². The first-order chi connectivity index (χ1) is 11.3. The molecular formula is C19H27O4P. The Morgan fingerprint density at radius 3 is 1.92 bits per heavy atom. The number of ketones is 1. The molecule has 1 saturated carbocycles. The molecule has 0 heterocycles. The third-order valence-corrected chi connectivity index (χ3v) is 5.30. The van der Waals surface area contributed by atoms with Crippen molar-refractivity contribution in [2.45, 2.75) is 59.8 Å². The van der Waals surface area contributed by atoms with Crippen LogP contribution in [0.3, 0.4) is 0 Å². The molecule has 24 heavy (non-hydrogen) atoms. The van der Waals surface area contributed by atoms with Crippen LogP contribution >= 0.6 is 9.12 Å². The Bertz CT molecular complexity index is 595. The Morgan fingerprint density at radius 2 is 1.50 bits per heavy atom. The molecule has 0 aromatic heterocycles. The minimum Gasteiger partial charge on any atom is -0.481 e. The summed E-state index contributed by atoms with van der Waals surface area (Å²) in [6.07, 6.45) is 4.34. The minimum absolute atomic E-state index is 0.0390. The van der Waals surface area contributed by atoms with Crippen LogP contribution in [0, 0.1) is 32.1 Å². The molecule has 5 heteroatoms. The lowest BCUT2D eigenvalue weighted by atomic mass is 9.62. The Balaban J connectivity index is 0.00000139. The average molecular weight is 350 g/mol. The third-order valence-electron chi connectivity index (χ3n) is 5.30. The van der Waals surface area contributed by atoms with Gasteiger partial charge in [-0.3, -0.25) is 14.2 Å². The van der Waals surface area contributed by atoms with Gasteiger partial charge in [0.2, 0.25) is 0 Å². The number of benzene rings is 1. The van der Waals surface area contributed by atoms with Gasteiger partial charge in [-0.05, 0) is 44.7 Å². The highest BCUT2D eigenvalue weighted by Gasteiger charge is 2.47. The van der Waals surface area contributed by atoms with Crippen LogP contribution < -0.4 is 0 Å². The van der Waals surface area contributed by atoms with Gasteiger partial charge in [-0.2, -0.15) is 0 Å². The standard InChI is InChI=1S/C19H26O3.HOP/c1-12-10-13(2)16(14(3)11-12)17(20)19(15(4)18(21)22)8-6-5-7-9-19;1-2/h10-11,15H,5-9H2,1-4H3,(H,21,22);2H. The molecule has 0 spiro atoms. The number of aliphatic carboxylic acids is 1. The highest BCUT2D eigenvalue weighted by Crippen LogP contribution is 2.46. The second-order valence-corrected chi connectivity index (χ2v) is 6.88. The van der Waals surface area contributed by atoms with Crippen molar-refractivity contribution in [2.24, 2.45) is 11.3 Å². The van der Waals surface area contributed by atoms with Crippen molar-refractivity contribution < 1.29 is 19.3 Å². The first-order valence-corrected chi connectivity index (χ1v) is 8.76. The van der Waals surface area contributed by atoms with Gasteiger partial charge in [0.25, 0.3) is 0 Å². The predicted molar refractivity (Wildman–Crippen MR) is 96.3 cm³/mol. The smallest absolute Gasteiger partial charge is 0.307 e. The van der Waals surface area contributed by atoms with Crippen LogP contribution in [0.4, 0.5) is 0 Å². The van der Waals surface area contributed by atoms with Gasteiger partial charge in [-0.25, -0.2) is 0 Å². The maximum absolute atomic E-state index is 13.4. The quantitative estimate of drug-likeness (QED) is 0.617. The van der Waals surface area contributed by atoms with Crippen LogP contribution in [-0.2, 0) is 9.36 Å². The maximum atomic E-state index is 13.4. The first kappa shape index (κ1) is 20.5. The zero-order valence-electron chi connectivity index (χ0n) is 14.9. The molecule has 1 unspecified atom stereocenters. The summed E-state index contributed by atoms with van der Waals surface area (Å²) in [7, 11) is 1.72. The molecule has 0 aliphatic heterocycles. The third kappa shape index (κ3) is 3.92. The summed E-state index contributed by atoms with van der Waals surface area (Å²) in [5.41, 5.74) is 3.06. The van der Waals surface area contributed by atoms with Crippen molar-refractivity contribution in [2.75, 3.05) is 0 Å². The van der Waals surface area contributed by atoms with Gasteiger partial charge >= 0.3 is 5.97 Å². The van der Waals surface area contributed by atoms with E-state index in [0.717, 1.165) is 41.5 Å². The molecule has 2 rings (SSSR count). The van der Waals surface area contributed by atoms with E-state index in [2.05, 4.69) is 0 Å². The number of aryl methyl sites for hydroxylation is 3. The van der Waals surface area contributed by atoms with Gasteiger partial charge in [0, 0.05) is 11.0 Å². The molecular weight excluding hydrogens is 323 g/mol. The average Bonchev–Trinajstić information content (AvgIpc) is 2.55. The predicted octanol–water partition coefficient (Wildman–Crippen LogP) is 4.94. The summed E-state index contributed by atoms with van der Waals surface area (Å²) in [5, 5.41) is 9.53. The van der Waals surface area contributed by atoms with Gasteiger partial charge < -0.3 is 5.11 Å². The molecule has 1 aromatic carbocycles. The zero-order chi connectivity index (χ0) is 18.5. The van der Waals surface area contributed by atoms with Gasteiger partial charge in [0.1, 0.15) is 9.12 Å². The van der Waals surface area contributed by atoms with E-state index in [1.165, 1.54) is 0 Å². The Kier molecular flexibility index (Phi) is 7.28. The normalized spacial score (nSPS) is 17.3. The second kappa shape index (κ2) is 8.53. The van der Waals surface area contributed by atoms with E-state index in [4.69, 9.17) is 4.57 Å². The molecule has 4 nitrogen and oxygen atoms in total. The molecule has 0 bridgehead atoms. The van der Waals surface area contributed by atoms with Crippen LogP contribution in [0.5, 0.6) is 0 Å².